The Hall–Kier alpha value is -1.55. The fraction of sp³-hybridized carbons (Fsp3) is 0.364. The highest BCUT2D eigenvalue weighted by atomic mass is 15.2. The fourth-order valence-corrected chi connectivity index (χ4v) is 1.67. The Balaban J connectivity index is 2.04. The summed E-state index contributed by atoms with van der Waals surface area (Å²) >= 11 is 0. The molecule has 0 aromatic carbocycles. The van der Waals surface area contributed by atoms with Crippen LogP contribution in [0.15, 0.2) is 30.9 Å². The van der Waals surface area contributed by atoms with E-state index in [0.717, 1.165) is 13.0 Å². The molecule has 0 bridgehead atoms. The summed E-state index contributed by atoms with van der Waals surface area (Å²) in [6, 6.07) is 2.11. The van der Waals surface area contributed by atoms with Crippen molar-refractivity contribution in [2.45, 2.75) is 13.0 Å². The van der Waals surface area contributed by atoms with Gasteiger partial charge in [0, 0.05) is 31.2 Å². The van der Waals surface area contributed by atoms with Gasteiger partial charge in [0.15, 0.2) is 0 Å². The first-order valence-electron chi connectivity index (χ1n) is 5.10. The van der Waals surface area contributed by atoms with E-state index in [9.17, 15) is 0 Å². The summed E-state index contributed by atoms with van der Waals surface area (Å²) in [5.74, 6) is 0. The molecule has 2 rings (SSSR count). The molecule has 2 N–H and O–H groups in total. The number of nitrogens with two attached hydrogens (primary N) is 1. The van der Waals surface area contributed by atoms with Crippen LogP contribution >= 0.6 is 0 Å². The fourth-order valence-electron chi connectivity index (χ4n) is 1.67. The first-order valence-corrected chi connectivity index (χ1v) is 5.10. The van der Waals surface area contributed by atoms with E-state index < -0.39 is 0 Å². The van der Waals surface area contributed by atoms with Gasteiger partial charge in [0.05, 0.1) is 12.7 Å². The van der Waals surface area contributed by atoms with Crippen molar-refractivity contribution in [3.63, 3.8) is 0 Å². The lowest BCUT2D eigenvalue weighted by molar-refractivity contribution is 0.762. The third-order valence-electron chi connectivity index (χ3n) is 2.37. The molecule has 80 valence electrons. The molecule has 0 unspecified atom stereocenters. The third-order valence-corrected chi connectivity index (χ3v) is 2.37. The van der Waals surface area contributed by atoms with Gasteiger partial charge in [0.2, 0.25) is 0 Å². The minimum absolute atomic E-state index is 0.705. The maximum atomic E-state index is 5.50. The van der Waals surface area contributed by atoms with E-state index in [-0.39, 0.29) is 0 Å². The summed E-state index contributed by atoms with van der Waals surface area (Å²) in [7, 11) is 1.93. The standard InChI is InChI=1S/C11H16N4/c1-14-7-11(6-13-14)9-15-5-3-10(8-15)2-4-12/h3,5-8H,2,4,9,12H2,1H3. The zero-order chi connectivity index (χ0) is 10.7. The van der Waals surface area contributed by atoms with Crippen LogP contribution in [0.25, 0.3) is 0 Å². The Labute approximate surface area is 89.3 Å². The van der Waals surface area contributed by atoms with Crippen LogP contribution in [0.3, 0.4) is 0 Å². The number of rotatable bonds is 4. The topological polar surface area (TPSA) is 48.8 Å². The Kier molecular flexibility index (Phi) is 2.87. The largest absolute Gasteiger partial charge is 0.350 e. The molecule has 0 radical (unpaired) electrons. The van der Waals surface area contributed by atoms with Gasteiger partial charge in [-0.15, -0.1) is 0 Å². The second kappa shape index (κ2) is 4.31. The average molecular weight is 204 g/mol. The lowest BCUT2D eigenvalue weighted by Crippen LogP contribution is -2.02. The van der Waals surface area contributed by atoms with Crippen LogP contribution in [0.5, 0.6) is 0 Å². The van der Waals surface area contributed by atoms with Crippen molar-refractivity contribution in [3.05, 3.63) is 42.0 Å². The van der Waals surface area contributed by atoms with Crippen LogP contribution in [-0.2, 0) is 20.0 Å². The maximum absolute atomic E-state index is 5.50. The van der Waals surface area contributed by atoms with Gasteiger partial charge in [-0.05, 0) is 24.6 Å². The Morgan fingerprint density at radius 3 is 2.87 bits per heavy atom. The second-order valence-corrected chi connectivity index (χ2v) is 3.75. The summed E-state index contributed by atoms with van der Waals surface area (Å²) in [6.07, 6.45) is 9.09. The van der Waals surface area contributed by atoms with Crippen molar-refractivity contribution in [1.29, 1.82) is 0 Å². The van der Waals surface area contributed by atoms with Crippen molar-refractivity contribution < 1.29 is 0 Å². The zero-order valence-corrected chi connectivity index (χ0v) is 8.93. The smallest absolute Gasteiger partial charge is 0.0539 e. The molecule has 4 heteroatoms. The maximum Gasteiger partial charge on any atom is 0.0539 e. The van der Waals surface area contributed by atoms with Gasteiger partial charge in [-0.1, -0.05) is 0 Å². The first kappa shape index (κ1) is 9.98. The number of hydrogen-bond acceptors (Lipinski definition) is 2. The molecule has 0 fully saturated rings. The van der Waals surface area contributed by atoms with Crippen LogP contribution in [-0.4, -0.2) is 20.9 Å². The van der Waals surface area contributed by atoms with Crippen LogP contribution in [0.1, 0.15) is 11.1 Å². The first-order chi connectivity index (χ1) is 7.28. The van der Waals surface area contributed by atoms with Crippen LogP contribution in [0.4, 0.5) is 0 Å². The normalized spacial score (nSPS) is 10.8. The highest BCUT2D eigenvalue weighted by molar-refractivity contribution is 5.13. The Bertz CT molecular complexity index is 427. The molecule has 0 atom stereocenters. The molecule has 0 saturated heterocycles. The molecule has 2 heterocycles. The molecule has 0 saturated carbocycles. The Morgan fingerprint density at radius 1 is 1.33 bits per heavy atom. The molecular weight excluding hydrogens is 188 g/mol. The van der Waals surface area contributed by atoms with Gasteiger partial charge in [-0.3, -0.25) is 4.68 Å². The predicted octanol–water partition coefficient (Wildman–Crippen LogP) is 0.771. The molecular formula is C11H16N4. The third kappa shape index (κ3) is 2.47. The molecule has 0 aliphatic carbocycles. The van der Waals surface area contributed by atoms with Crippen molar-refractivity contribution >= 4 is 0 Å². The van der Waals surface area contributed by atoms with E-state index in [1.54, 1.807) is 0 Å². The lowest BCUT2D eigenvalue weighted by Gasteiger charge is -1.98. The molecule has 0 aliphatic heterocycles. The molecule has 0 spiro atoms. The number of hydrogen-bond donors (Lipinski definition) is 1. The van der Waals surface area contributed by atoms with Gasteiger partial charge in [0.1, 0.15) is 0 Å². The van der Waals surface area contributed by atoms with E-state index in [1.807, 2.05) is 24.1 Å². The molecule has 15 heavy (non-hydrogen) atoms. The number of nitrogens with zero attached hydrogens (tertiary/aromatic N) is 3. The van der Waals surface area contributed by atoms with E-state index in [4.69, 9.17) is 5.73 Å². The summed E-state index contributed by atoms with van der Waals surface area (Å²) in [6.45, 7) is 1.58. The molecule has 4 nitrogen and oxygen atoms in total. The molecule has 2 aromatic heterocycles. The highest BCUT2D eigenvalue weighted by Gasteiger charge is 1.99. The quantitative estimate of drug-likeness (QED) is 0.799. The molecule has 0 amide bonds. The monoisotopic (exact) mass is 204 g/mol. The van der Waals surface area contributed by atoms with Crippen LogP contribution in [0.2, 0.25) is 0 Å². The summed E-state index contributed by atoms with van der Waals surface area (Å²) in [5.41, 5.74) is 8.01. The predicted molar refractivity (Wildman–Crippen MR) is 59.5 cm³/mol. The summed E-state index contributed by atoms with van der Waals surface area (Å²) < 4.78 is 3.97. The van der Waals surface area contributed by atoms with E-state index in [1.165, 1.54) is 11.1 Å². The van der Waals surface area contributed by atoms with Gasteiger partial charge in [0.25, 0.3) is 0 Å². The summed E-state index contributed by atoms with van der Waals surface area (Å²) in [5, 5.41) is 4.14. The SMILES string of the molecule is Cn1cc(Cn2ccc(CCN)c2)cn1. The van der Waals surface area contributed by atoms with E-state index >= 15 is 0 Å². The van der Waals surface area contributed by atoms with E-state index in [2.05, 4.69) is 28.1 Å². The van der Waals surface area contributed by atoms with Crippen LogP contribution < -0.4 is 5.73 Å². The zero-order valence-electron chi connectivity index (χ0n) is 8.93. The number of aromatic nitrogens is 3. The minimum atomic E-state index is 0.705. The van der Waals surface area contributed by atoms with Gasteiger partial charge in [-0.2, -0.15) is 5.10 Å². The highest BCUT2D eigenvalue weighted by Crippen LogP contribution is 2.05. The average Bonchev–Trinajstić information content (AvgIpc) is 2.78. The van der Waals surface area contributed by atoms with Gasteiger partial charge >= 0.3 is 0 Å². The minimum Gasteiger partial charge on any atom is -0.350 e. The number of aryl methyl sites for hydroxylation is 1. The van der Waals surface area contributed by atoms with Crippen LogP contribution in [0, 0.1) is 0 Å². The van der Waals surface area contributed by atoms with Gasteiger partial charge in [-0.25, -0.2) is 0 Å². The summed E-state index contributed by atoms with van der Waals surface area (Å²) in [4.78, 5) is 0. The van der Waals surface area contributed by atoms with Crippen molar-refractivity contribution in [2.24, 2.45) is 12.8 Å². The Morgan fingerprint density at radius 2 is 2.20 bits per heavy atom. The van der Waals surface area contributed by atoms with E-state index in [0.29, 0.717) is 6.54 Å². The van der Waals surface area contributed by atoms with Crippen molar-refractivity contribution in [2.75, 3.05) is 6.54 Å². The van der Waals surface area contributed by atoms with Crippen molar-refractivity contribution in [3.8, 4) is 0 Å². The van der Waals surface area contributed by atoms with Gasteiger partial charge < -0.3 is 10.3 Å². The molecule has 0 aliphatic rings. The lowest BCUT2D eigenvalue weighted by atomic mass is 10.2. The van der Waals surface area contributed by atoms with Crippen molar-refractivity contribution in [1.82, 2.24) is 14.3 Å². The second-order valence-electron chi connectivity index (χ2n) is 3.75. The molecule has 2 aromatic rings.